The number of hydrogen-bond donors (Lipinski definition) is 1. The molecule has 0 spiro atoms. The summed E-state index contributed by atoms with van der Waals surface area (Å²) < 4.78 is 0. The molecule has 0 aliphatic heterocycles. The number of nitrogens with two attached hydrogens (primary N) is 1. The van der Waals surface area contributed by atoms with Crippen molar-refractivity contribution < 1.29 is 0 Å². The van der Waals surface area contributed by atoms with Gasteiger partial charge in [0.1, 0.15) is 0 Å². The molecule has 2 heteroatoms. The maximum Gasteiger partial charge on any atom is 0.0299 e. The number of rotatable bonds is 5. The van der Waals surface area contributed by atoms with Gasteiger partial charge in [-0.3, -0.25) is 4.98 Å². The van der Waals surface area contributed by atoms with Crippen LogP contribution in [0.15, 0.2) is 24.5 Å². The zero-order valence-corrected chi connectivity index (χ0v) is 10.0. The largest absolute Gasteiger partial charge is 0.326 e. The van der Waals surface area contributed by atoms with E-state index in [0.29, 0.717) is 5.92 Å². The van der Waals surface area contributed by atoms with Crippen molar-refractivity contribution in [2.24, 2.45) is 11.7 Å². The van der Waals surface area contributed by atoms with Crippen molar-refractivity contribution in [3.63, 3.8) is 0 Å². The van der Waals surface area contributed by atoms with E-state index in [0.717, 1.165) is 12.8 Å². The molecule has 1 aromatic heterocycles. The lowest BCUT2D eigenvalue weighted by Gasteiger charge is -2.23. The molecule has 0 bridgehead atoms. The fourth-order valence-electron chi connectivity index (χ4n) is 1.96. The molecule has 84 valence electrons. The van der Waals surface area contributed by atoms with Crippen LogP contribution in [0, 0.1) is 5.92 Å². The van der Waals surface area contributed by atoms with Crippen molar-refractivity contribution in [1.29, 1.82) is 0 Å². The Bertz CT molecular complexity index is 274. The number of hydrogen-bond acceptors (Lipinski definition) is 2. The lowest BCUT2D eigenvalue weighted by molar-refractivity contribution is 0.365. The zero-order valence-electron chi connectivity index (χ0n) is 10.0. The summed E-state index contributed by atoms with van der Waals surface area (Å²) in [5.41, 5.74) is 7.26. The molecule has 2 nitrogen and oxygen atoms in total. The first-order valence-corrected chi connectivity index (χ1v) is 5.65. The summed E-state index contributed by atoms with van der Waals surface area (Å²) in [5, 5.41) is 0. The summed E-state index contributed by atoms with van der Waals surface area (Å²) in [6, 6.07) is 4.13. The zero-order chi connectivity index (χ0) is 11.3. The maximum atomic E-state index is 5.99. The van der Waals surface area contributed by atoms with Crippen molar-refractivity contribution in [2.75, 3.05) is 0 Å². The van der Waals surface area contributed by atoms with Crippen LogP contribution in [0.3, 0.4) is 0 Å². The standard InChI is InChI=1S/C13H22N2/c1-11(9-13(2,3)14)6-7-12-5-4-8-15-10-12/h4-5,8,10-11H,6-7,9,14H2,1-3H3. The van der Waals surface area contributed by atoms with Crippen molar-refractivity contribution in [2.45, 2.75) is 45.6 Å². The number of aromatic nitrogens is 1. The van der Waals surface area contributed by atoms with Gasteiger partial charge in [-0.05, 0) is 50.7 Å². The first-order chi connectivity index (χ1) is 6.97. The van der Waals surface area contributed by atoms with Crippen molar-refractivity contribution in [3.8, 4) is 0 Å². The highest BCUT2D eigenvalue weighted by molar-refractivity contribution is 5.08. The minimum atomic E-state index is -0.0473. The Morgan fingerprint density at radius 3 is 2.73 bits per heavy atom. The third-order valence-electron chi connectivity index (χ3n) is 2.52. The van der Waals surface area contributed by atoms with E-state index in [1.807, 2.05) is 18.5 Å². The topological polar surface area (TPSA) is 38.9 Å². The van der Waals surface area contributed by atoms with Gasteiger partial charge in [0.05, 0.1) is 0 Å². The molecule has 0 fully saturated rings. The lowest BCUT2D eigenvalue weighted by Crippen LogP contribution is -2.33. The molecule has 1 rings (SSSR count). The third kappa shape index (κ3) is 5.53. The van der Waals surface area contributed by atoms with Crippen LogP contribution in [0.4, 0.5) is 0 Å². The van der Waals surface area contributed by atoms with E-state index < -0.39 is 0 Å². The fraction of sp³-hybridized carbons (Fsp3) is 0.615. The van der Waals surface area contributed by atoms with Gasteiger partial charge in [0.2, 0.25) is 0 Å². The summed E-state index contributed by atoms with van der Waals surface area (Å²) in [6.45, 7) is 6.45. The highest BCUT2D eigenvalue weighted by atomic mass is 14.7. The monoisotopic (exact) mass is 206 g/mol. The van der Waals surface area contributed by atoms with E-state index in [2.05, 4.69) is 31.8 Å². The summed E-state index contributed by atoms with van der Waals surface area (Å²) >= 11 is 0. The predicted molar refractivity (Wildman–Crippen MR) is 64.6 cm³/mol. The first kappa shape index (κ1) is 12.2. The van der Waals surface area contributed by atoms with E-state index >= 15 is 0 Å². The van der Waals surface area contributed by atoms with E-state index in [4.69, 9.17) is 5.73 Å². The second-order valence-corrected chi connectivity index (χ2v) is 5.20. The molecular weight excluding hydrogens is 184 g/mol. The molecule has 0 aliphatic rings. The molecule has 0 saturated carbocycles. The van der Waals surface area contributed by atoms with E-state index in [-0.39, 0.29) is 5.54 Å². The van der Waals surface area contributed by atoms with Crippen LogP contribution in [0.1, 0.15) is 39.2 Å². The fourth-order valence-corrected chi connectivity index (χ4v) is 1.96. The normalized spacial score (nSPS) is 13.9. The molecule has 0 radical (unpaired) electrons. The van der Waals surface area contributed by atoms with Crippen molar-refractivity contribution >= 4 is 0 Å². The second kappa shape index (κ2) is 5.26. The second-order valence-electron chi connectivity index (χ2n) is 5.20. The van der Waals surface area contributed by atoms with Gasteiger partial charge in [-0.1, -0.05) is 13.0 Å². The van der Waals surface area contributed by atoms with Crippen LogP contribution in [-0.4, -0.2) is 10.5 Å². The summed E-state index contributed by atoms with van der Waals surface area (Å²) in [5.74, 6) is 0.671. The number of aryl methyl sites for hydroxylation is 1. The molecule has 2 N–H and O–H groups in total. The van der Waals surface area contributed by atoms with E-state index in [1.54, 1.807) is 0 Å². The van der Waals surface area contributed by atoms with Gasteiger partial charge in [0.15, 0.2) is 0 Å². The molecule has 0 saturated heterocycles. The summed E-state index contributed by atoms with van der Waals surface area (Å²) in [7, 11) is 0. The molecular formula is C13H22N2. The Kier molecular flexibility index (Phi) is 4.28. The Hall–Kier alpha value is -0.890. The Labute approximate surface area is 92.9 Å². The van der Waals surface area contributed by atoms with Crippen LogP contribution in [0.2, 0.25) is 0 Å². The van der Waals surface area contributed by atoms with Crippen LogP contribution in [0.25, 0.3) is 0 Å². The van der Waals surface area contributed by atoms with Gasteiger partial charge in [-0.15, -0.1) is 0 Å². The highest BCUT2D eigenvalue weighted by Gasteiger charge is 2.15. The lowest BCUT2D eigenvalue weighted by atomic mass is 9.89. The van der Waals surface area contributed by atoms with E-state index in [1.165, 1.54) is 12.0 Å². The van der Waals surface area contributed by atoms with Gasteiger partial charge in [-0.25, -0.2) is 0 Å². The smallest absolute Gasteiger partial charge is 0.0299 e. The molecule has 0 aromatic carbocycles. The van der Waals surface area contributed by atoms with Crippen LogP contribution in [0.5, 0.6) is 0 Å². The maximum absolute atomic E-state index is 5.99. The highest BCUT2D eigenvalue weighted by Crippen LogP contribution is 2.18. The van der Waals surface area contributed by atoms with Crippen LogP contribution >= 0.6 is 0 Å². The minimum absolute atomic E-state index is 0.0473. The first-order valence-electron chi connectivity index (χ1n) is 5.65. The Morgan fingerprint density at radius 2 is 2.20 bits per heavy atom. The van der Waals surface area contributed by atoms with E-state index in [9.17, 15) is 0 Å². The van der Waals surface area contributed by atoms with Gasteiger partial charge in [0.25, 0.3) is 0 Å². The molecule has 0 aliphatic carbocycles. The van der Waals surface area contributed by atoms with Gasteiger partial charge >= 0.3 is 0 Å². The van der Waals surface area contributed by atoms with Crippen LogP contribution in [-0.2, 0) is 6.42 Å². The Morgan fingerprint density at radius 1 is 1.47 bits per heavy atom. The minimum Gasteiger partial charge on any atom is -0.326 e. The van der Waals surface area contributed by atoms with Crippen LogP contribution < -0.4 is 5.73 Å². The SMILES string of the molecule is CC(CCc1cccnc1)CC(C)(C)N. The molecule has 15 heavy (non-hydrogen) atoms. The Balaban J connectivity index is 2.32. The number of nitrogens with zero attached hydrogens (tertiary/aromatic N) is 1. The summed E-state index contributed by atoms with van der Waals surface area (Å²) in [4.78, 5) is 4.11. The molecule has 1 atom stereocenters. The van der Waals surface area contributed by atoms with Crippen molar-refractivity contribution in [1.82, 2.24) is 4.98 Å². The molecule has 1 unspecified atom stereocenters. The molecule has 0 amide bonds. The predicted octanol–water partition coefficient (Wildman–Crippen LogP) is 2.78. The quantitative estimate of drug-likeness (QED) is 0.804. The summed E-state index contributed by atoms with van der Waals surface area (Å²) in [6.07, 6.45) is 7.13. The van der Waals surface area contributed by atoms with Crippen molar-refractivity contribution in [3.05, 3.63) is 30.1 Å². The average molecular weight is 206 g/mol. The van der Waals surface area contributed by atoms with Gasteiger partial charge < -0.3 is 5.73 Å². The third-order valence-corrected chi connectivity index (χ3v) is 2.52. The molecule has 1 aromatic rings. The number of pyridine rings is 1. The average Bonchev–Trinajstić information content (AvgIpc) is 2.14. The van der Waals surface area contributed by atoms with Gasteiger partial charge in [-0.2, -0.15) is 0 Å². The molecule has 1 heterocycles. The van der Waals surface area contributed by atoms with Gasteiger partial charge in [0, 0.05) is 17.9 Å².